The van der Waals surface area contributed by atoms with Crippen LogP contribution >= 0.6 is 0 Å². The van der Waals surface area contributed by atoms with Gasteiger partial charge in [0.15, 0.2) is 0 Å². The summed E-state index contributed by atoms with van der Waals surface area (Å²) in [6.45, 7) is 9.01. The van der Waals surface area contributed by atoms with E-state index in [0.717, 1.165) is 26.1 Å². The first-order valence-electron chi connectivity index (χ1n) is 7.20. The van der Waals surface area contributed by atoms with E-state index in [-0.39, 0.29) is 5.91 Å². The van der Waals surface area contributed by atoms with E-state index in [2.05, 4.69) is 55.3 Å². The van der Waals surface area contributed by atoms with Gasteiger partial charge < -0.3 is 10.2 Å². The van der Waals surface area contributed by atoms with E-state index >= 15 is 0 Å². The number of carbonyl (C=O) groups is 1. The molecule has 0 atom stereocenters. The van der Waals surface area contributed by atoms with Crippen LogP contribution < -0.4 is 10.2 Å². The Bertz CT molecular complexity index is 362. The van der Waals surface area contributed by atoms with Gasteiger partial charge in [-0.1, -0.05) is 32.0 Å². The lowest BCUT2D eigenvalue weighted by atomic mass is 10.1. The van der Waals surface area contributed by atoms with Crippen LogP contribution in [0.5, 0.6) is 0 Å². The molecule has 19 heavy (non-hydrogen) atoms. The third-order valence-corrected chi connectivity index (χ3v) is 3.02. The van der Waals surface area contributed by atoms with Gasteiger partial charge in [0.25, 0.3) is 0 Å². The molecule has 0 unspecified atom stereocenters. The summed E-state index contributed by atoms with van der Waals surface area (Å²) >= 11 is 0. The van der Waals surface area contributed by atoms with Crippen molar-refractivity contribution in [3.05, 3.63) is 30.3 Å². The minimum Gasteiger partial charge on any atom is -0.372 e. The maximum atomic E-state index is 11.5. The second-order valence-corrected chi connectivity index (χ2v) is 5.22. The Morgan fingerprint density at radius 3 is 2.53 bits per heavy atom. The maximum Gasteiger partial charge on any atom is 0.220 e. The Hall–Kier alpha value is -1.51. The van der Waals surface area contributed by atoms with Crippen LogP contribution in [0.4, 0.5) is 5.69 Å². The van der Waals surface area contributed by atoms with Crippen LogP contribution in [-0.2, 0) is 4.79 Å². The number of hydrogen-bond donors (Lipinski definition) is 1. The number of nitrogens with zero attached hydrogens (tertiary/aromatic N) is 1. The molecule has 0 radical (unpaired) electrons. The van der Waals surface area contributed by atoms with Crippen LogP contribution in [0.1, 0.15) is 33.6 Å². The van der Waals surface area contributed by atoms with Gasteiger partial charge in [0.2, 0.25) is 5.91 Å². The van der Waals surface area contributed by atoms with E-state index in [4.69, 9.17) is 0 Å². The van der Waals surface area contributed by atoms with Crippen LogP contribution in [0.2, 0.25) is 0 Å². The normalized spacial score (nSPS) is 10.5. The molecular weight excluding hydrogens is 236 g/mol. The van der Waals surface area contributed by atoms with Crippen LogP contribution in [0.25, 0.3) is 0 Å². The Morgan fingerprint density at radius 2 is 1.95 bits per heavy atom. The standard InChI is InChI=1S/C16H26N2O/c1-4-18(15-9-6-5-7-10-15)12-8-11-17-16(19)13-14(2)3/h5-7,9-10,14H,4,8,11-13H2,1-3H3,(H,17,19). The highest BCUT2D eigenvalue weighted by molar-refractivity contribution is 5.75. The fourth-order valence-electron chi connectivity index (χ4n) is 2.05. The van der Waals surface area contributed by atoms with E-state index < -0.39 is 0 Å². The van der Waals surface area contributed by atoms with Crippen LogP contribution in [0.15, 0.2) is 30.3 Å². The van der Waals surface area contributed by atoms with E-state index in [1.807, 2.05) is 6.07 Å². The number of amides is 1. The van der Waals surface area contributed by atoms with Crippen molar-refractivity contribution >= 4 is 11.6 Å². The molecule has 0 saturated carbocycles. The fraction of sp³-hybridized carbons (Fsp3) is 0.562. The first-order chi connectivity index (χ1) is 9.13. The second kappa shape index (κ2) is 8.57. The van der Waals surface area contributed by atoms with Crippen LogP contribution in [-0.4, -0.2) is 25.5 Å². The van der Waals surface area contributed by atoms with Gasteiger partial charge in [0, 0.05) is 31.7 Å². The lowest BCUT2D eigenvalue weighted by Crippen LogP contribution is -2.30. The van der Waals surface area contributed by atoms with Crippen molar-refractivity contribution in [1.29, 1.82) is 0 Å². The molecule has 0 heterocycles. The third kappa shape index (κ3) is 6.27. The molecule has 0 fully saturated rings. The number of rotatable bonds is 8. The largest absolute Gasteiger partial charge is 0.372 e. The zero-order valence-corrected chi connectivity index (χ0v) is 12.4. The van der Waals surface area contributed by atoms with Crippen molar-refractivity contribution in [3.63, 3.8) is 0 Å². The molecule has 1 N–H and O–H groups in total. The Balaban J connectivity index is 2.26. The number of nitrogens with one attached hydrogen (secondary N) is 1. The van der Waals surface area contributed by atoms with Gasteiger partial charge in [0.1, 0.15) is 0 Å². The van der Waals surface area contributed by atoms with Crippen molar-refractivity contribution in [3.8, 4) is 0 Å². The minimum atomic E-state index is 0.165. The summed E-state index contributed by atoms with van der Waals surface area (Å²) in [6.07, 6.45) is 1.60. The molecule has 1 rings (SSSR count). The first-order valence-corrected chi connectivity index (χ1v) is 7.20. The highest BCUT2D eigenvalue weighted by atomic mass is 16.1. The van der Waals surface area contributed by atoms with Gasteiger partial charge in [0.05, 0.1) is 0 Å². The summed E-state index contributed by atoms with van der Waals surface area (Å²) < 4.78 is 0. The zero-order chi connectivity index (χ0) is 14.1. The molecule has 0 saturated heterocycles. The van der Waals surface area contributed by atoms with Crippen molar-refractivity contribution in [2.24, 2.45) is 5.92 Å². The van der Waals surface area contributed by atoms with Crippen molar-refractivity contribution < 1.29 is 4.79 Å². The summed E-state index contributed by atoms with van der Waals surface area (Å²) in [6, 6.07) is 10.4. The molecule has 0 aliphatic carbocycles. The van der Waals surface area contributed by atoms with Gasteiger partial charge in [-0.25, -0.2) is 0 Å². The maximum absolute atomic E-state index is 11.5. The molecule has 1 amide bonds. The van der Waals surface area contributed by atoms with Crippen molar-refractivity contribution in [2.75, 3.05) is 24.5 Å². The number of anilines is 1. The molecule has 106 valence electrons. The molecular formula is C16H26N2O. The SMILES string of the molecule is CCN(CCCNC(=O)CC(C)C)c1ccccc1. The van der Waals surface area contributed by atoms with E-state index in [1.54, 1.807) is 0 Å². The molecule has 3 nitrogen and oxygen atoms in total. The lowest BCUT2D eigenvalue weighted by Gasteiger charge is -2.23. The molecule has 1 aromatic rings. The Labute approximate surface area is 117 Å². The summed E-state index contributed by atoms with van der Waals surface area (Å²) in [4.78, 5) is 13.8. The average molecular weight is 262 g/mol. The minimum absolute atomic E-state index is 0.165. The number of para-hydroxylation sites is 1. The third-order valence-electron chi connectivity index (χ3n) is 3.02. The zero-order valence-electron chi connectivity index (χ0n) is 12.4. The molecule has 0 spiro atoms. The molecule has 0 bridgehead atoms. The van der Waals surface area contributed by atoms with Crippen molar-refractivity contribution in [2.45, 2.75) is 33.6 Å². The topological polar surface area (TPSA) is 32.3 Å². The fourth-order valence-corrected chi connectivity index (χ4v) is 2.05. The summed E-state index contributed by atoms with van der Waals surface area (Å²) in [7, 11) is 0. The Kier molecular flexibility index (Phi) is 7.01. The lowest BCUT2D eigenvalue weighted by molar-refractivity contribution is -0.121. The second-order valence-electron chi connectivity index (χ2n) is 5.22. The summed E-state index contributed by atoms with van der Waals surface area (Å²) in [5, 5.41) is 2.98. The van der Waals surface area contributed by atoms with E-state index in [1.165, 1.54) is 5.69 Å². The highest BCUT2D eigenvalue weighted by Gasteiger charge is 2.05. The predicted octanol–water partition coefficient (Wildman–Crippen LogP) is 3.07. The predicted molar refractivity (Wildman–Crippen MR) is 81.4 cm³/mol. The summed E-state index contributed by atoms with van der Waals surface area (Å²) in [5.74, 6) is 0.592. The van der Waals surface area contributed by atoms with Gasteiger partial charge in [-0.2, -0.15) is 0 Å². The van der Waals surface area contributed by atoms with Gasteiger partial charge in [-0.05, 0) is 31.4 Å². The monoisotopic (exact) mass is 262 g/mol. The van der Waals surface area contributed by atoms with Gasteiger partial charge in [-0.15, -0.1) is 0 Å². The van der Waals surface area contributed by atoms with Gasteiger partial charge >= 0.3 is 0 Å². The number of carbonyl (C=O) groups excluding carboxylic acids is 1. The average Bonchev–Trinajstić information content (AvgIpc) is 2.39. The van der Waals surface area contributed by atoms with Crippen molar-refractivity contribution in [1.82, 2.24) is 5.32 Å². The molecule has 0 aliphatic heterocycles. The number of benzene rings is 1. The summed E-state index contributed by atoms with van der Waals surface area (Å²) in [5.41, 5.74) is 1.25. The molecule has 0 aliphatic rings. The van der Waals surface area contributed by atoms with Crippen LogP contribution in [0.3, 0.4) is 0 Å². The molecule has 0 aromatic heterocycles. The molecule has 1 aromatic carbocycles. The van der Waals surface area contributed by atoms with Crippen LogP contribution in [0, 0.1) is 5.92 Å². The van der Waals surface area contributed by atoms with Gasteiger partial charge in [-0.3, -0.25) is 4.79 Å². The van der Waals surface area contributed by atoms with E-state index in [9.17, 15) is 4.79 Å². The smallest absolute Gasteiger partial charge is 0.220 e. The highest BCUT2D eigenvalue weighted by Crippen LogP contribution is 2.12. The number of hydrogen-bond acceptors (Lipinski definition) is 2. The van der Waals surface area contributed by atoms with E-state index in [0.29, 0.717) is 12.3 Å². The first kappa shape index (κ1) is 15.5. The quantitative estimate of drug-likeness (QED) is 0.730. The molecule has 3 heteroatoms. The Morgan fingerprint density at radius 1 is 1.26 bits per heavy atom.